The third kappa shape index (κ3) is 1.17. The highest BCUT2D eigenvalue weighted by molar-refractivity contribution is 4.95. The summed E-state index contributed by atoms with van der Waals surface area (Å²) < 4.78 is 0. The lowest BCUT2D eigenvalue weighted by molar-refractivity contribution is 0.0361. The number of nitrogens with one attached hydrogen (secondary N) is 2. The Kier molecular flexibility index (Phi) is 1.87. The van der Waals surface area contributed by atoms with Crippen LogP contribution in [0, 0.1) is 11.8 Å². The molecule has 0 aliphatic carbocycles. The van der Waals surface area contributed by atoms with Crippen LogP contribution in [0.2, 0.25) is 0 Å². The summed E-state index contributed by atoms with van der Waals surface area (Å²) in [5.41, 5.74) is 0. The summed E-state index contributed by atoms with van der Waals surface area (Å²) in [6, 6.07) is 0.274. The van der Waals surface area contributed by atoms with Crippen LogP contribution in [-0.4, -0.2) is 36.9 Å². The Hall–Kier alpha value is -0.120. The average molecular weight is 156 g/mol. The van der Waals surface area contributed by atoms with Crippen LogP contribution in [0.25, 0.3) is 0 Å². The summed E-state index contributed by atoms with van der Waals surface area (Å²) >= 11 is 0. The van der Waals surface area contributed by atoms with Gasteiger partial charge in [-0.2, -0.15) is 0 Å². The van der Waals surface area contributed by atoms with Gasteiger partial charge in [0.1, 0.15) is 0 Å². The summed E-state index contributed by atoms with van der Waals surface area (Å²) in [5.74, 6) is 1.15. The lowest BCUT2D eigenvalue weighted by atomic mass is 9.84. The van der Waals surface area contributed by atoms with E-state index in [0.717, 1.165) is 19.6 Å². The Bertz CT molecular complexity index is 151. The van der Waals surface area contributed by atoms with Crippen molar-refractivity contribution >= 4 is 0 Å². The first-order chi connectivity index (χ1) is 5.29. The van der Waals surface area contributed by atoms with Gasteiger partial charge in [0.25, 0.3) is 0 Å². The monoisotopic (exact) mass is 156 g/mol. The summed E-state index contributed by atoms with van der Waals surface area (Å²) in [7, 11) is 0. The number of hydrogen-bond donors (Lipinski definition) is 3. The summed E-state index contributed by atoms with van der Waals surface area (Å²) in [6.45, 7) is 5.19. The van der Waals surface area contributed by atoms with Crippen LogP contribution < -0.4 is 10.6 Å². The molecule has 2 saturated heterocycles. The van der Waals surface area contributed by atoms with E-state index in [2.05, 4.69) is 17.6 Å². The predicted molar refractivity (Wildman–Crippen MR) is 43.3 cm³/mol. The van der Waals surface area contributed by atoms with Gasteiger partial charge in [-0.05, 0) is 25.9 Å². The zero-order chi connectivity index (χ0) is 7.84. The maximum Gasteiger partial charge on any atom is 0.0734 e. The van der Waals surface area contributed by atoms with Crippen LogP contribution >= 0.6 is 0 Å². The zero-order valence-electron chi connectivity index (χ0n) is 6.88. The van der Waals surface area contributed by atoms with Crippen molar-refractivity contribution in [3.8, 4) is 0 Å². The normalized spacial score (nSPS) is 50.7. The standard InChI is InChI=1S/C8H16N2O/c1-5-8(11)7-4-9-2-6(7)3-10-5/h5-11H,2-4H2,1H3. The molecule has 0 aromatic heterocycles. The molecule has 4 unspecified atom stereocenters. The first-order valence-electron chi connectivity index (χ1n) is 4.41. The van der Waals surface area contributed by atoms with Gasteiger partial charge in [-0.15, -0.1) is 0 Å². The Balaban J connectivity index is 2.06. The van der Waals surface area contributed by atoms with E-state index >= 15 is 0 Å². The van der Waals surface area contributed by atoms with Crippen molar-refractivity contribution in [1.29, 1.82) is 0 Å². The maximum absolute atomic E-state index is 9.75. The Labute approximate surface area is 67.2 Å². The molecule has 0 spiro atoms. The highest BCUT2D eigenvalue weighted by Gasteiger charge is 2.38. The fourth-order valence-electron chi connectivity index (χ4n) is 2.21. The second-order valence-electron chi connectivity index (χ2n) is 3.77. The molecule has 3 heteroatoms. The quantitative estimate of drug-likeness (QED) is 0.429. The van der Waals surface area contributed by atoms with E-state index in [-0.39, 0.29) is 12.1 Å². The molecular formula is C8H16N2O. The number of fused-ring (bicyclic) bond motifs is 1. The minimum absolute atomic E-state index is 0.149. The summed E-state index contributed by atoms with van der Waals surface area (Å²) in [6.07, 6.45) is -0.149. The Morgan fingerprint density at radius 2 is 2.09 bits per heavy atom. The Morgan fingerprint density at radius 3 is 2.91 bits per heavy atom. The lowest BCUT2D eigenvalue weighted by Gasteiger charge is -2.35. The molecule has 0 aromatic carbocycles. The second-order valence-corrected chi connectivity index (χ2v) is 3.77. The van der Waals surface area contributed by atoms with E-state index in [1.54, 1.807) is 0 Å². The van der Waals surface area contributed by atoms with Crippen molar-refractivity contribution in [3.63, 3.8) is 0 Å². The van der Waals surface area contributed by atoms with E-state index in [4.69, 9.17) is 0 Å². The molecule has 0 saturated carbocycles. The van der Waals surface area contributed by atoms with Crippen molar-refractivity contribution in [2.24, 2.45) is 11.8 Å². The maximum atomic E-state index is 9.75. The molecule has 0 aromatic rings. The topological polar surface area (TPSA) is 44.3 Å². The van der Waals surface area contributed by atoms with E-state index in [1.807, 2.05) is 0 Å². The van der Waals surface area contributed by atoms with Gasteiger partial charge in [0.15, 0.2) is 0 Å². The van der Waals surface area contributed by atoms with Gasteiger partial charge in [0, 0.05) is 18.5 Å². The van der Waals surface area contributed by atoms with Crippen LogP contribution in [0.15, 0.2) is 0 Å². The van der Waals surface area contributed by atoms with Crippen molar-refractivity contribution < 1.29 is 5.11 Å². The van der Waals surface area contributed by atoms with Crippen molar-refractivity contribution in [2.75, 3.05) is 19.6 Å². The summed E-state index contributed by atoms with van der Waals surface area (Å²) in [5, 5.41) is 16.4. The number of hydrogen-bond acceptors (Lipinski definition) is 3. The highest BCUT2D eigenvalue weighted by atomic mass is 16.3. The van der Waals surface area contributed by atoms with Crippen LogP contribution in [0.1, 0.15) is 6.92 Å². The van der Waals surface area contributed by atoms with Gasteiger partial charge in [-0.3, -0.25) is 0 Å². The smallest absolute Gasteiger partial charge is 0.0734 e. The fraction of sp³-hybridized carbons (Fsp3) is 1.00. The van der Waals surface area contributed by atoms with E-state index in [1.165, 1.54) is 0 Å². The third-order valence-corrected chi connectivity index (χ3v) is 3.05. The van der Waals surface area contributed by atoms with Gasteiger partial charge in [0.05, 0.1) is 6.10 Å². The molecule has 64 valence electrons. The summed E-state index contributed by atoms with van der Waals surface area (Å²) in [4.78, 5) is 0. The molecule has 0 bridgehead atoms. The van der Waals surface area contributed by atoms with E-state index in [0.29, 0.717) is 11.8 Å². The van der Waals surface area contributed by atoms with Crippen LogP contribution in [0.3, 0.4) is 0 Å². The SMILES string of the molecule is CC1NCC2CNCC2C1O. The number of aliphatic hydroxyl groups is 1. The number of piperidine rings is 1. The van der Waals surface area contributed by atoms with Crippen LogP contribution in [-0.2, 0) is 0 Å². The molecule has 11 heavy (non-hydrogen) atoms. The minimum atomic E-state index is -0.149. The van der Waals surface area contributed by atoms with Gasteiger partial charge in [0.2, 0.25) is 0 Å². The van der Waals surface area contributed by atoms with Gasteiger partial charge in [-0.1, -0.05) is 0 Å². The van der Waals surface area contributed by atoms with Crippen LogP contribution in [0.5, 0.6) is 0 Å². The first-order valence-corrected chi connectivity index (χ1v) is 4.41. The van der Waals surface area contributed by atoms with Crippen molar-refractivity contribution in [1.82, 2.24) is 10.6 Å². The van der Waals surface area contributed by atoms with Gasteiger partial charge < -0.3 is 15.7 Å². The second kappa shape index (κ2) is 2.73. The third-order valence-electron chi connectivity index (χ3n) is 3.05. The van der Waals surface area contributed by atoms with Gasteiger partial charge >= 0.3 is 0 Å². The molecule has 2 rings (SSSR count). The minimum Gasteiger partial charge on any atom is -0.391 e. The molecule has 2 aliphatic rings. The highest BCUT2D eigenvalue weighted by Crippen LogP contribution is 2.25. The Morgan fingerprint density at radius 1 is 1.27 bits per heavy atom. The first kappa shape index (κ1) is 7.53. The number of aliphatic hydroxyl groups excluding tert-OH is 1. The molecule has 2 aliphatic heterocycles. The predicted octanol–water partition coefficient (Wildman–Crippen LogP) is -0.825. The van der Waals surface area contributed by atoms with Gasteiger partial charge in [-0.25, -0.2) is 0 Å². The molecule has 2 fully saturated rings. The fourth-order valence-corrected chi connectivity index (χ4v) is 2.21. The molecule has 0 radical (unpaired) electrons. The van der Waals surface area contributed by atoms with Crippen molar-refractivity contribution in [2.45, 2.75) is 19.1 Å². The molecule has 3 N–H and O–H groups in total. The average Bonchev–Trinajstić information content (AvgIpc) is 2.45. The molecular weight excluding hydrogens is 140 g/mol. The molecule has 4 atom stereocenters. The van der Waals surface area contributed by atoms with E-state index < -0.39 is 0 Å². The van der Waals surface area contributed by atoms with Crippen molar-refractivity contribution in [3.05, 3.63) is 0 Å². The van der Waals surface area contributed by atoms with Crippen LogP contribution in [0.4, 0.5) is 0 Å². The van der Waals surface area contributed by atoms with E-state index in [9.17, 15) is 5.11 Å². The molecule has 3 nitrogen and oxygen atoms in total. The lowest BCUT2D eigenvalue weighted by Crippen LogP contribution is -2.52. The zero-order valence-corrected chi connectivity index (χ0v) is 6.88. The largest absolute Gasteiger partial charge is 0.391 e. The molecule has 2 heterocycles. The number of rotatable bonds is 0. The molecule has 0 amide bonds.